The van der Waals surface area contributed by atoms with Gasteiger partial charge in [-0.2, -0.15) is 11.8 Å². The smallest absolute Gasteiger partial charge is 0.338 e. The molecule has 1 N–H and O–H groups in total. The number of carbonyl (C=O) groups excluding carboxylic acids is 1. The molecule has 3 nitrogen and oxygen atoms in total. The van der Waals surface area contributed by atoms with Crippen molar-refractivity contribution in [2.45, 2.75) is 5.25 Å². The Balaban J connectivity index is 2.53. The van der Waals surface area contributed by atoms with E-state index < -0.39 is 0 Å². The van der Waals surface area contributed by atoms with E-state index in [0.717, 1.165) is 11.1 Å². The van der Waals surface area contributed by atoms with E-state index in [1.807, 2.05) is 30.5 Å². The van der Waals surface area contributed by atoms with Gasteiger partial charge >= 0.3 is 5.97 Å². The summed E-state index contributed by atoms with van der Waals surface area (Å²) in [5, 5.41) is 9.91. The van der Waals surface area contributed by atoms with Crippen molar-refractivity contribution in [3.8, 4) is 5.75 Å². The van der Waals surface area contributed by atoms with E-state index in [2.05, 4.69) is 0 Å². The van der Waals surface area contributed by atoms with Crippen LogP contribution < -0.4 is 0 Å². The van der Waals surface area contributed by atoms with E-state index in [4.69, 9.17) is 4.74 Å². The van der Waals surface area contributed by atoms with Gasteiger partial charge in [-0.05, 0) is 24.0 Å². The topological polar surface area (TPSA) is 46.5 Å². The molecule has 2 aromatic carbocycles. The van der Waals surface area contributed by atoms with E-state index in [1.165, 1.54) is 7.11 Å². The van der Waals surface area contributed by atoms with E-state index >= 15 is 0 Å². The molecule has 0 fully saturated rings. The lowest BCUT2D eigenvalue weighted by Crippen LogP contribution is -2.08. The molecule has 0 amide bonds. The molecule has 0 saturated carbocycles. The fraction of sp³-hybridized carbons (Fsp3) is 0.188. The van der Waals surface area contributed by atoms with Crippen LogP contribution in [0.2, 0.25) is 0 Å². The lowest BCUT2D eigenvalue weighted by molar-refractivity contribution is 0.0599. The summed E-state index contributed by atoms with van der Waals surface area (Å²) in [4.78, 5) is 11.9. The number of thioether (sulfide) groups is 1. The number of ether oxygens (including phenoxy) is 1. The summed E-state index contributed by atoms with van der Waals surface area (Å²) in [6, 6.07) is 14.5. The van der Waals surface area contributed by atoms with Crippen LogP contribution in [0.1, 0.15) is 26.7 Å². The average molecular weight is 288 g/mol. The number of methoxy groups -OCH3 is 1. The Hall–Kier alpha value is -1.94. The van der Waals surface area contributed by atoms with Gasteiger partial charge in [0.15, 0.2) is 0 Å². The highest BCUT2D eigenvalue weighted by Gasteiger charge is 2.22. The van der Waals surface area contributed by atoms with Crippen LogP contribution >= 0.6 is 11.8 Å². The first kappa shape index (κ1) is 14.5. The maximum atomic E-state index is 11.9. The number of hydrogen-bond donors (Lipinski definition) is 1. The largest absolute Gasteiger partial charge is 0.508 e. The molecule has 2 aromatic rings. The number of carbonyl (C=O) groups is 1. The number of phenols is 1. The summed E-state index contributed by atoms with van der Waals surface area (Å²) in [5.74, 6) is -0.137. The number of rotatable bonds is 4. The second-order valence-electron chi connectivity index (χ2n) is 4.25. The van der Waals surface area contributed by atoms with Crippen LogP contribution in [0.25, 0.3) is 0 Å². The highest BCUT2D eigenvalue weighted by molar-refractivity contribution is 7.99. The number of aromatic hydroxyl groups is 1. The third kappa shape index (κ3) is 2.80. The first-order valence-electron chi connectivity index (χ1n) is 6.17. The Labute approximate surface area is 122 Å². The van der Waals surface area contributed by atoms with Crippen molar-refractivity contribution in [2.24, 2.45) is 0 Å². The SMILES string of the molecule is COC(=O)c1ccccc1C(SC)c1ccccc1O. The molecule has 104 valence electrons. The van der Waals surface area contributed by atoms with Crippen LogP contribution in [-0.2, 0) is 4.74 Å². The molecular weight excluding hydrogens is 272 g/mol. The summed E-state index contributed by atoms with van der Waals surface area (Å²) in [6.45, 7) is 0. The zero-order valence-electron chi connectivity index (χ0n) is 11.4. The molecule has 0 bridgehead atoms. The minimum absolute atomic E-state index is 0.119. The Morgan fingerprint density at radius 3 is 2.30 bits per heavy atom. The molecule has 2 rings (SSSR count). The second kappa shape index (κ2) is 6.48. The van der Waals surface area contributed by atoms with Gasteiger partial charge in [0.1, 0.15) is 5.75 Å². The van der Waals surface area contributed by atoms with Gasteiger partial charge in [0.05, 0.1) is 17.9 Å². The molecule has 0 aliphatic rings. The molecule has 0 heterocycles. The van der Waals surface area contributed by atoms with E-state index in [1.54, 1.807) is 36.0 Å². The van der Waals surface area contributed by atoms with Crippen molar-refractivity contribution >= 4 is 17.7 Å². The van der Waals surface area contributed by atoms with Crippen LogP contribution in [0, 0.1) is 0 Å². The fourth-order valence-corrected chi connectivity index (χ4v) is 3.06. The molecular formula is C16H16O3S. The normalized spacial score (nSPS) is 11.9. The van der Waals surface area contributed by atoms with Crippen LogP contribution in [0.3, 0.4) is 0 Å². The number of benzene rings is 2. The monoisotopic (exact) mass is 288 g/mol. The molecule has 0 spiro atoms. The van der Waals surface area contributed by atoms with E-state index in [0.29, 0.717) is 5.56 Å². The summed E-state index contributed by atoms with van der Waals surface area (Å²) in [6.07, 6.45) is 1.95. The van der Waals surface area contributed by atoms with Gasteiger partial charge in [-0.1, -0.05) is 36.4 Å². The van der Waals surface area contributed by atoms with Crippen molar-refractivity contribution in [3.05, 3.63) is 65.2 Å². The van der Waals surface area contributed by atoms with Crippen molar-refractivity contribution in [1.82, 2.24) is 0 Å². The molecule has 4 heteroatoms. The average Bonchev–Trinajstić information content (AvgIpc) is 2.49. The predicted octanol–water partition coefficient (Wildman–Crippen LogP) is 3.63. The summed E-state index contributed by atoms with van der Waals surface area (Å²) in [7, 11) is 1.37. The fourth-order valence-electron chi connectivity index (χ4n) is 2.15. The van der Waals surface area contributed by atoms with Crippen LogP contribution in [0.15, 0.2) is 48.5 Å². The molecule has 0 aromatic heterocycles. The summed E-state index contributed by atoms with van der Waals surface area (Å²) in [5.41, 5.74) is 2.15. The standard InChI is InChI=1S/C16H16O3S/c1-19-16(18)12-8-4-3-7-11(12)15(20-2)13-9-5-6-10-14(13)17/h3-10,15,17H,1-2H3. The minimum atomic E-state index is -0.366. The maximum absolute atomic E-state index is 11.9. The molecule has 0 aliphatic carbocycles. The first-order valence-corrected chi connectivity index (χ1v) is 7.45. The highest BCUT2D eigenvalue weighted by atomic mass is 32.2. The molecule has 1 atom stereocenters. The van der Waals surface area contributed by atoms with Gasteiger partial charge < -0.3 is 9.84 Å². The lowest BCUT2D eigenvalue weighted by atomic mass is 9.98. The van der Waals surface area contributed by atoms with Crippen LogP contribution in [0.4, 0.5) is 0 Å². The Kier molecular flexibility index (Phi) is 4.69. The Morgan fingerprint density at radius 1 is 1.10 bits per heavy atom. The maximum Gasteiger partial charge on any atom is 0.338 e. The molecule has 1 unspecified atom stereocenters. The third-order valence-electron chi connectivity index (χ3n) is 3.10. The highest BCUT2D eigenvalue weighted by Crippen LogP contribution is 2.39. The Morgan fingerprint density at radius 2 is 1.70 bits per heavy atom. The van der Waals surface area contributed by atoms with Gasteiger partial charge in [0.2, 0.25) is 0 Å². The molecule has 0 aliphatic heterocycles. The number of para-hydroxylation sites is 1. The zero-order chi connectivity index (χ0) is 14.5. The number of hydrogen-bond acceptors (Lipinski definition) is 4. The second-order valence-corrected chi connectivity index (χ2v) is 5.20. The Bertz CT molecular complexity index is 610. The number of phenolic OH excluding ortho intramolecular Hbond substituents is 1. The van der Waals surface area contributed by atoms with E-state index in [9.17, 15) is 9.90 Å². The lowest BCUT2D eigenvalue weighted by Gasteiger charge is -2.19. The van der Waals surface area contributed by atoms with Crippen molar-refractivity contribution in [1.29, 1.82) is 0 Å². The van der Waals surface area contributed by atoms with Crippen LogP contribution in [0.5, 0.6) is 5.75 Å². The zero-order valence-corrected chi connectivity index (χ0v) is 12.2. The van der Waals surface area contributed by atoms with Crippen molar-refractivity contribution in [3.63, 3.8) is 0 Å². The quantitative estimate of drug-likeness (QED) is 0.873. The van der Waals surface area contributed by atoms with Crippen molar-refractivity contribution < 1.29 is 14.6 Å². The van der Waals surface area contributed by atoms with Gasteiger partial charge in [-0.25, -0.2) is 4.79 Å². The van der Waals surface area contributed by atoms with Gasteiger partial charge in [0, 0.05) is 5.56 Å². The van der Waals surface area contributed by atoms with Crippen LogP contribution in [-0.4, -0.2) is 24.4 Å². The predicted molar refractivity (Wildman–Crippen MR) is 81.2 cm³/mol. The molecule has 20 heavy (non-hydrogen) atoms. The summed E-state index contributed by atoms with van der Waals surface area (Å²) < 4.78 is 4.83. The van der Waals surface area contributed by atoms with Gasteiger partial charge in [0.25, 0.3) is 0 Å². The van der Waals surface area contributed by atoms with Gasteiger partial charge in [-0.3, -0.25) is 0 Å². The van der Waals surface area contributed by atoms with E-state index in [-0.39, 0.29) is 17.0 Å². The van der Waals surface area contributed by atoms with Gasteiger partial charge in [-0.15, -0.1) is 0 Å². The first-order chi connectivity index (χ1) is 9.69. The minimum Gasteiger partial charge on any atom is -0.508 e. The molecule has 0 saturated heterocycles. The molecule has 0 radical (unpaired) electrons. The summed E-state index contributed by atoms with van der Waals surface area (Å²) >= 11 is 1.56. The van der Waals surface area contributed by atoms with Crippen molar-refractivity contribution in [2.75, 3.05) is 13.4 Å². The number of esters is 1. The third-order valence-corrected chi connectivity index (χ3v) is 4.08.